The molecule has 0 saturated carbocycles. The van der Waals surface area contributed by atoms with Crippen LogP contribution in [0, 0.1) is 0 Å². The van der Waals surface area contributed by atoms with E-state index in [0.29, 0.717) is 17.1 Å². The Labute approximate surface area is 93.0 Å². The monoisotopic (exact) mass is 228 g/mol. The van der Waals surface area contributed by atoms with Crippen LogP contribution < -0.4 is 11.1 Å². The van der Waals surface area contributed by atoms with Crippen LogP contribution in [-0.2, 0) is 11.3 Å². The van der Waals surface area contributed by atoms with E-state index < -0.39 is 11.9 Å². The number of carbonyl (C=O) groups is 1. The zero-order chi connectivity index (χ0) is 11.4. The van der Waals surface area contributed by atoms with E-state index in [1.807, 2.05) is 0 Å². The van der Waals surface area contributed by atoms with Crippen LogP contribution in [0.3, 0.4) is 0 Å². The molecule has 0 spiro atoms. The lowest BCUT2D eigenvalue weighted by molar-refractivity contribution is -0.119. The maximum absolute atomic E-state index is 10.8. The topological polar surface area (TPSA) is 75.3 Å². The summed E-state index contributed by atoms with van der Waals surface area (Å²) >= 11 is 5.88. The number of phenols is 1. The molecule has 0 aliphatic rings. The molecule has 1 unspecified atom stereocenters. The summed E-state index contributed by atoms with van der Waals surface area (Å²) < 4.78 is 0. The van der Waals surface area contributed by atoms with Crippen LogP contribution in [0.1, 0.15) is 12.5 Å². The number of nitrogens with one attached hydrogen (secondary N) is 1. The summed E-state index contributed by atoms with van der Waals surface area (Å²) in [6.07, 6.45) is 0. The number of aromatic hydroxyl groups is 1. The summed E-state index contributed by atoms with van der Waals surface area (Å²) in [5, 5.41) is 12.8. The summed E-state index contributed by atoms with van der Waals surface area (Å²) in [4.78, 5) is 10.8. The Morgan fingerprint density at radius 1 is 1.67 bits per heavy atom. The van der Waals surface area contributed by atoms with Crippen molar-refractivity contribution in [3.63, 3.8) is 0 Å². The maximum atomic E-state index is 10.8. The van der Waals surface area contributed by atoms with Crippen molar-refractivity contribution in [2.24, 2.45) is 5.73 Å². The molecule has 1 atom stereocenters. The van der Waals surface area contributed by atoms with Crippen LogP contribution in [-0.4, -0.2) is 17.1 Å². The van der Waals surface area contributed by atoms with E-state index in [1.54, 1.807) is 19.1 Å². The fourth-order valence-corrected chi connectivity index (χ4v) is 1.31. The summed E-state index contributed by atoms with van der Waals surface area (Å²) in [5.74, 6) is -0.340. The molecule has 1 aromatic carbocycles. The number of phenolic OH excluding ortho intramolecular Hbond substituents is 1. The lowest BCUT2D eigenvalue weighted by Gasteiger charge is -2.11. The van der Waals surface area contributed by atoms with E-state index >= 15 is 0 Å². The Bertz CT molecular complexity index is 348. The number of carbonyl (C=O) groups excluding carboxylic acids is 1. The summed E-state index contributed by atoms with van der Waals surface area (Å²) in [7, 11) is 0. The second kappa shape index (κ2) is 5.00. The van der Waals surface area contributed by atoms with Gasteiger partial charge in [0.1, 0.15) is 5.75 Å². The Kier molecular flexibility index (Phi) is 3.94. The molecule has 1 amide bonds. The average Bonchev–Trinajstić information content (AvgIpc) is 2.16. The SMILES string of the molecule is CC(NCc1c(O)cccc1Cl)C(N)=O. The van der Waals surface area contributed by atoms with Gasteiger partial charge in [0.05, 0.1) is 6.04 Å². The predicted molar refractivity (Wildman–Crippen MR) is 58.6 cm³/mol. The largest absolute Gasteiger partial charge is 0.508 e. The Morgan fingerprint density at radius 2 is 2.33 bits per heavy atom. The van der Waals surface area contributed by atoms with Gasteiger partial charge >= 0.3 is 0 Å². The molecule has 82 valence electrons. The fourth-order valence-electron chi connectivity index (χ4n) is 1.08. The van der Waals surface area contributed by atoms with Crippen molar-refractivity contribution >= 4 is 17.5 Å². The zero-order valence-corrected chi connectivity index (χ0v) is 9.08. The summed E-state index contributed by atoms with van der Waals surface area (Å²) in [6.45, 7) is 1.95. The molecule has 0 aliphatic carbocycles. The maximum Gasteiger partial charge on any atom is 0.234 e. The van der Waals surface area contributed by atoms with E-state index in [-0.39, 0.29) is 5.75 Å². The molecule has 4 N–H and O–H groups in total. The second-order valence-electron chi connectivity index (χ2n) is 3.24. The van der Waals surface area contributed by atoms with E-state index in [4.69, 9.17) is 17.3 Å². The van der Waals surface area contributed by atoms with Gasteiger partial charge in [0.15, 0.2) is 0 Å². The number of primary amides is 1. The third kappa shape index (κ3) is 3.11. The highest BCUT2D eigenvalue weighted by Gasteiger charge is 2.10. The molecule has 15 heavy (non-hydrogen) atoms. The van der Waals surface area contributed by atoms with Gasteiger partial charge in [0.25, 0.3) is 0 Å². The van der Waals surface area contributed by atoms with Gasteiger partial charge in [0, 0.05) is 17.1 Å². The van der Waals surface area contributed by atoms with Gasteiger partial charge in [-0.05, 0) is 19.1 Å². The highest BCUT2D eigenvalue weighted by Crippen LogP contribution is 2.24. The van der Waals surface area contributed by atoms with Crippen molar-refractivity contribution in [1.29, 1.82) is 0 Å². The average molecular weight is 229 g/mol. The van der Waals surface area contributed by atoms with Crippen LogP contribution in [0.4, 0.5) is 0 Å². The molecule has 0 saturated heterocycles. The first-order valence-electron chi connectivity index (χ1n) is 4.51. The van der Waals surface area contributed by atoms with Crippen LogP contribution in [0.15, 0.2) is 18.2 Å². The van der Waals surface area contributed by atoms with Crippen molar-refractivity contribution < 1.29 is 9.90 Å². The van der Waals surface area contributed by atoms with Crippen molar-refractivity contribution in [2.45, 2.75) is 19.5 Å². The lowest BCUT2D eigenvalue weighted by atomic mass is 10.2. The highest BCUT2D eigenvalue weighted by atomic mass is 35.5. The Balaban J connectivity index is 2.69. The number of amides is 1. The van der Waals surface area contributed by atoms with Crippen LogP contribution in [0.2, 0.25) is 5.02 Å². The smallest absolute Gasteiger partial charge is 0.234 e. The van der Waals surface area contributed by atoms with Crippen molar-refractivity contribution in [3.05, 3.63) is 28.8 Å². The summed E-state index contributed by atoms with van der Waals surface area (Å²) in [6, 6.07) is 4.41. The van der Waals surface area contributed by atoms with Gasteiger partial charge in [-0.25, -0.2) is 0 Å². The van der Waals surface area contributed by atoms with E-state index in [1.165, 1.54) is 6.07 Å². The van der Waals surface area contributed by atoms with Crippen molar-refractivity contribution in [3.8, 4) is 5.75 Å². The number of hydrogen-bond donors (Lipinski definition) is 3. The van der Waals surface area contributed by atoms with E-state index in [2.05, 4.69) is 5.32 Å². The standard InChI is InChI=1S/C10H13ClN2O2/c1-6(10(12)15)13-5-7-8(11)3-2-4-9(7)14/h2-4,6,13-14H,5H2,1H3,(H2,12,15). The van der Waals surface area contributed by atoms with Gasteiger partial charge in [0.2, 0.25) is 5.91 Å². The minimum Gasteiger partial charge on any atom is -0.508 e. The lowest BCUT2D eigenvalue weighted by Crippen LogP contribution is -2.38. The molecule has 1 rings (SSSR count). The molecule has 0 aliphatic heterocycles. The molecular weight excluding hydrogens is 216 g/mol. The number of benzene rings is 1. The second-order valence-corrected chi connectivity index (χ2v) is 3.65. The van der Waals surface area contributed by atoms with Gasteiger partial charge in [-0.15, -0.1) is 0 Å². The van der Waals surface area contributed by atoms with Gasteiger partial charge < -0.3 is 16.2 Å². The summed E-state index contributed by atoms with van der Waals surface area (Å²) in [5.41, 5.74) is 5.64. The molecule has 0 radical (unpaired) electrons. The molecule has 0 bridgehead atoms. The fraction of sp³-hybridized carbons (Fsp3) is 0.300. The highest BCUT2D eigenvalue weighted by molar-refractivity contribution is 6.31. The van der Waals surface area contributed by atoms with Gasteiger partial charge in [-0.1, -0.05) is 17.7 Å². The molecule has 0 aromatic heterocycles. The van der Waals surface area contributed by atoms with Crippen LogP contribution in [0.25, 0.3) is 0 Å². The molecule has 1 aromatic rings. The number of halogens is 1. The molecule has 0 heterocycles. The number of nitrogens with two attached hydrogens (primary N) is 1. The third-order valence-electron chi connectivity index (χ3n) is 2.11. The Hall–Kier alpha value is -1.26. The zero-order valence-electron chi connectivity index (χ0n) is 8.33. The first-order chi connectivity index (χ1) is 7.02. The predicted octanol–water partition coefficient (Wildman–Crippen LogP) is 1.01. The first kappa shape index (κ1) is 11.8. The van der Waals surface area contributed by atoms with Gasteiger partial charge in [-0.2, -0.15) is 0 Å². The minimum atomic E-state index is -0.458. The third-order valence-corrected chi connectivity index (χ3v) is 2.46. The molecular formula is C10H13ClN2O2. The Morgan fingerprint density at radius 3 is 2.87 bits per heavy atom. The molecule has 4 nitrogen and oxygen atoms in total. The quantitative estimate of drug-likeness (QED) is 0.720. The van der Waals surface area contributed by atoms with Crippen molar-refractivity contribution in [2.75, 3.05) is 0 Å². The van der Waals surface area contributed by atoms with Crippen molar-refractivity contribution in [1.82, 2.24) is 5.32 Å². The normalized spacial score (nSPS) is 12.4. The minimum absolute atomic E-state index is 0.103. The molecule has 0 fully saturated rings. The first-order valence-corrected chi connectivity index (χ1v) is 4.89. The van der Waals surface area contributed by atoms with Crippen LogP contribution in [0.5, 0.6) is 5.75 Å². The van der Waals surface area contributed by atoms with E-state index in [9.17, 15) is 9.90 Å². The van der Waals surface area contributed by atoms with Crippen LogP contribution >= 0.6 is 11.6 Å². The number of rotatable bonds is 4. The molecule has 5 heteroatoms. The number of hydrogen-bond acceptors (Lipinski definition) is 3. The van der Waals surface area contributed by atoms with Gasteiger partial charge in [-0.3, -0.25) is 4.79 Å². The van der Waals surface area contributed by atoms with E-state index in [0.717, 1.165) is 0 Å².